The Kier molecular flexibility index (Phi) is 21.9. The quantitative estimate of drug-likeness (QED) is 0.0567. The van der Waals surface area contributed by atoms with Crippen LogP contribution < -0.4 is 5.32 Å². The van der Waals surface area contributed by atoms with Crippen LogP contribution in [0.3, 0.4) is 0 Å². The molecule has 0 radical (unpaired) electrons. The van der Waals surface area contributed by atoms with E-state index in [1.807, 2.05) is 0 Å². The first kappa shape index (κ1) is 63.0. The summed E-state index contributed by atoms with van der Waals surface area (Å²) in [6, 6.07) is -1.45. The van der Waals surface area contributed by atoms with Crippen LogP contribution in [0.5, 0.6) is 0 Å². The van der Waals surface area contributed by atoms with Gasteiger partial charge in [0.25, 0.3) is 0 Å². The number of aliphatic hydroxyl groups excluding tert-OH is 22. The molecule has 1 aliphatic carbocycles. The highest BCUT2D eigenvalue weighted by Crippen LogP contribution is 2.37. The third-order valence-corrected chi connectivity index (χ3v) is 14.8. The summed E-state index contributed by atoms with van der Waals surface area (Å²) < 4.78 is 61.5. The van der Waals surface area contributed by atoms with Gasteiger partial charge in [-0.1, -0.05) is 6.08 Å². The molecule has 0 bridgehead atoms. The van der Waals surface area contributed by atoms with Gasteiger partial charge >= 0.3 is 0 Å². The second-order valence-electron chi connectivity index (χ2n) is 19.8. The summed E-state index contributed by atoms with van der Waals surface area (Å²) in [5, 5.41) is 236. The van der Waals surface area contributed by atoms with Crippen LogP contribution in [0.4, 0.5) is 0 Å². The van der Waals surface area contributed by atoms with Gasteiger partial charge in [0.05, 0.1) is 51.8 Å². The molecule has 0 aromatic carbocycles. The molecule has 0 aromatic heterocycles. The van der Waals surface area contributed by atoms with Crippen molar-refractivity contribution in [3.8, 4) is 0 Å². The van der Waals surface area contributed by atoms with Gasteiger partial charge in [-0.3, -0.25) is 5.32 Å². The zero-order valence-electron chi connectivity index (χ0n) is 40.8. The number of rotatable bonds is 18. The lowest BCUT2D eigenvalue weighted by molar-refractivity contribution is -0.378. The van der Waals surface area contributed by atoms with Gasteiger partial charge in [-0.2, -0.15) is 0 Å². The molecule has 34 nitrogen and oxygen atoms in total. The molecule has 6 saturated heterocycles. The molecule has 0 spiro atoms. The van der Waals surface area contributed by atoms with Crippen molar-refractivity contribution in [2.45, 2.75) is 215 Å². The molecular formula is C43H73NO33. The largest absolute Gasteiger partial charge is 0.394 e. The number of hydrogen-bond donors (Lipinski definition) is 23. The van der Waals surface area contributed by atoms with Gasteiger partial charge in [-0.05, 0) is 12.5 Å². The number of aliphatic hydroxyl groups is 22. The van der Waals surface area contributed by atoms with Crippen molar-refractivity contribution in [3.63, 3.8) is 0 Å². The van der Waals surface area contributed by atoms with Crippen LogP contribution in [0.25, 0.3) is 0 Å². The van der Waals surface area contributed by atoms with Crippen molar-refractivity contribution in [2.24, 2.45) is 0 Å². The molecule has 7 rings (SSSR count). The van der Waals surface area contributed by atoms with E-state index in [1.165, 1.54) is 6.92 Å². The second-order valence-corrected chi connectivity index (χ2v) is 19.8. The molecule has 6 aliphatic heterocycles. The predicted octanol–water partition coefficient (Wildman–Crippen LogP) is -15.1. The summed E-state index contributed by atoms with van der Waals surface area (Å²) in [6.07, 6.45) is -58.7. The average molecular weight is 1130 g/mol. The fourth-order valence-corrected chi connectivity index (χ4v) is 10.3. The Morgan fingerprint density at radius 3 is 1.19 bits per heavy atom. The molecule has 23 N–H and O–H groups in total. The van der Waals surface area contributed by atoms with E-state index in [-0.39, 0.29) is 5.57 Å². The van der Waals surface area contributed by atoms with Crippen LogP contribution >= 0.6 is 0 Å². The Balaban J connectivity index is 0.953. The summed E-state index contributed by atoms with van der Waals surface area (Å²) in [5.74, 6) is 0. The van der Waals surface area contributed by atoms with E-state index in [0.717, 1.165) is 6.08 Å². The van der Waals surface area contributed by atoms with E-state index in [1.54, 1.807) is 0 Å². The first-order chi connectivity index (χ1) is 36.5. The van der Waals surface area contributed by atoms with Gasteiger partial charge in [0.1, 0.15) is 165 Å². The van der Waals surface area contributed by atoms with Crippen LogP contribution in [0.1, 0.15) is 6.92 Å². The van der Waals surface area contributed by atoms with Crippen molar-refractivity contribution in [1.29, 1.82) is 0 Å². The summed E-state index contributed by atoms with van der Waals surface area (Å²) in [4.78, 5) is 0. The SMILES string of the molecule is C[C@H]1O[C@H](O[C@H]2[C@H](O)[C@@H](O)[C@@H](O[C@H]3[C@H](O)[C@@H](O)[C@@H](O)O[C@@H]3CO)O[C@@H]2CO)[C@H](O)[C@@H](O)[C@@H]1O[C@@H]1C(CO)=C[C@H](N[C@H]2O[C@H](CO)[C@@H](O[C@H]3O[C@H](CO)[C@@H](O[C@H]4O[C@H](CO)[C@@H](O)[C@H](O)[C@H]4O)[C@H](O)[C@H]3O)[C@H](O)[C@H]2O)[C@H](O)[C@H]1O. The molecule has 0 unspecified atom stereocenters. The van der Waals surface area contributed by atoms with Crippen LogP contribution in [0.2, 0.25) is 0 Å². The normalized spacial score (nSPS) is 53.0. The maximum absolute atomic E-state index is 11.4. The van der Waals surface area contributed by atoms with E-state index in [4.69, 9.17) is 52.1 Å². The highest BCUT2D eigenvalue weighted by atomic mass is 16.8. The van der Waals surface area contributed by atoms with Gasteiger partial charge in [0.15, 0.2) is 31.5 Å². The van der Waals surface area contributed by atoms with Crippen molar-refractivity contribution in [2.75, 3.05) is 39.6 Å². The van der Waals surface area contributed by atoms with E-state index >= 15 is 0 Å². The number of hydrogen-bond acceptors (Lipinski definition) is 34. The van der Waals surface area contributed by atoms with Crippen LogP contribution in [-0.2, 0) is 52.1 Å². The molecule has 448 valence electrons. The minimum Gasteiger partial charge on any atom is -0.394 e. The number of ether oxygens (including phenoxy) is 11. The molecule has 0 amide bonds. The molecule has 6 heterocycles. The van der Waals surface area contributed by atoms with Gasteiger partial charge < -0.3 is 164 Å². The van der Waals surface area contributed by atoms with Gasteiger partial charge in [-0.15, -0.1) is 0 Å². The minimum atomic E-state index is -2.10. The second kappa shape index (κ2) is 26.7. The van der Waals surface area contributed by atoms with Crippen molar-refractivity contribution in [3.05, 3.63) is 11.6 Å². The summed E-state index contributed by atoms with van der Waals surface area (Å²) in [5.41, 5.74) is -0.157. The van der Waals surface area contributed by atoms with Crippen molar-refractivity contribution in [1.82, 2.24) is 5.32 Å². The predicted molar refractivity (Wildman–Crippen MR) is 236 cm³/mol. The first-order valence-electron chi connectivity index (χ1n) is 24.7. The van der Waals surface area contributed by atoms with Gasteiger partial charge in [0.2, 0.25) is 0 Å². The maximum Gasteiger partial charge on any atom is 0.187 e. The zero-order valence-corrected chi connectivity index (χ0v) is 40.8. The monoisotopic (exact) mass is 1130 g/mol. The smallest absolute Gasteiger partial charge is 0.187 e. The molecule has 0 aromatic rings. The Hall–Kier alpha value is -1.62. The highest BCUT2D eigenvalue weighted by molar-refractivity contribution is 5.23. The van der Waals surface area contributed by atoms with E-state index in [0.29, 0.717) is 0 Å². The molecule has 34 atom stereocenters. The molecule has 7 aliphatic rings. The zero-order chi connectivity index (χ0) is 56.6. The third-order valence-electron chi connectivity index (χ3n) is 14.8. The first-order valence-corrected chi connectivity index (χ1v) is 24.7. The molecular weight excluding hydrogens is 1060 g/mol. The van der Waals surface area contributed by atoms with Crippen LogP contribution in [0.15, 0.2) is 11.6 Å². The summed E-state index contributed by atoms with van der Waals surface area (Å²) in [6.45, 7) is -4.08. The van der Waals surface area contributed by atoms with E-state index in [9.17, 15) is 112 Å². The standard InChI is InChI=1S/C43H73NO33/c1-9-32(23(57)29(63)40(67-9)74-36-15(7-49)71-43(30(64)24(36)58)76-35-14(6-48)69-39(66)27(61)22(35)56)73-33-10(3-45)2-11(17(51)20(33)54)44-38-26(60)21(55)34(13(5-47)68-38)75-42-31(65)25(59)37(16(8-50)72-42)77-41-28(62)19(53)18(52)12(4-46)70-41/h2,9,11-66H,3-8H2,1H3/t9-,11+,12-,13-,14-,15-,16-,17+,18-,19+,20-,21-,22-,23-,24-,25-,26-,27-,28-,29-,30-,31-,32-,33-,34-,35-,36-,37-,38+,39+,40-,41-,42-,43-/m1/s1. The average Bonchev–Trinajstić information content (AvgIpc) is 3.42. The fourth-order valence-electron chi connectivity index (χ4n) is 10.3. The minimum absolute atomic E-state index is 0.157. The Morgan fingerprint density at radius 2 is 0.740 bits per heavy atom. The maximum atomic E-state index is 11.4. The van der Waals surface area contributed by atoms with Gasteiger partial charge in [-0.25, -0.2) is 0 Å². The fraction of sp³-hybridized carbons (Fsp3) is 0.953. The number of nitrogens with one attached hydrogen (secondary N) is 1. The van der Waals surface area contributed by atoms with Gasteiger partial charge in [0, 0.05) is 0 Å². The molecule has 6 fully saturated rings. The lowest BCUT2D eigenvalue weighted by Gasteiger charge is -2.49. The Bertz CT molecular complexity index is 1860. The van der Waals surface area contributed by atoms with E-state index < -0.39 is 248 Å². The molecule has 77 heavy (non-hydrogen) atoms. The summed E-state index contributed by atoms with van der Waals surface area (Å²) >= 11 is 0. The van der Waals surface area contributed by atoms with Crippen molar-refractivity contribution < 1.29 is 164 Å². The van der Waals surface area contributed by atoms with Crippen LogP contribution in [0, 0.1) is 0 Å². The Labute approximate surface area is 436 Å². The summed E-state index contributed by atoms with van der Waals surface area (Å²) in [7, 11) is 0. The lowest BCUT2D eigenvalue weighted by Crippen LogP contribution is -2.69. The molecule has 0 saturated carbocycles. The highest BCUT2D eigenvalue weighted by Gasteiger charge is 2.57. The third kappa shape index (κ3) is 12.8. The Morgan fingerprint density at radius 1 is 0.364 bits per heavy atom. The van der Waals surface area contributed by atoms with Crippen LogP contribution in [-0.4, -0.2) is 361 Å². The van der Waals surface area contributed by atoms with E-state index in [2.05, 4.69) is 5.32 Å². The van der Waals surface area contributed by atoms with Crippen molar-refractivity contribution >= 4 is 0 Å². The lowest BCUT2D eigenvalue weighted by atomic mass is 9.86. The molecule has 34 heteroatoms. The topological polar surface area (TPSA) is 559 Å².